The van der Waals surface area contributed by atoms with Crippen molar-refractivity contribution in [3.8, 4) is 28.4 Å². The van der Waals surface area contributed by atoms with Crippen molar-refractivity contribution in [1.82, 2.24) is 39.1 Å². The normalized spacial score (nSPS) is 19.3. The molecule has 3 N–H and O–H groups in total. The number of halogens is 5. The molecule has 18 heteroatoms. The number of hydrogen-bond donors (Lipinski definition) is 2. The summed E-state index contributed by atoms with van der Waals surface area (Å²) in [5.41, 5.74) is 5.59. The molecule has 0 amide bonds. The smallest absolute Gasteiger partial charge is 0.418 e. The van der Waals surface area contributed by atoms with E-state index >= 15 is 8.78 Å². The molecule has 0 saturated carbocycles. The van der Waals surface area contributed by atoms with Crippen LogP contribution in [0.25, 0.3) is 28.1 Å². The van der Waals surface area contributed by atoms with E-state index in [-0.39, 0.29) is 46.4 Å². The van der Waals surface area contributed by atoms with E-state index in [1.54, 1.807) is 40.1 Å². The van der Waals surface area contributed by atoms with Crippen molar-refractivity contribution in [1.29, 1.82) is 0 Å². The first-order valence-electron chi connectivity index (χ1n) is 20.3. The van der Waals surface area contributed by atoms with Crippen LogP contribution in [0.4, 0.5) is 33.5 Å². The number of nitrogens with zero attached hydrogens (tertiary/aromatic N) is 8. The van der Waals surface area contributed by atoms with Crippen LogP contribution in [0.2, 0.25) is 0 Å². The molecule has 6 heterocycles. The predicted molar refractivity (Wildman–Crippen MR) is 219 cm³/mol. The van der Waals surface area contributed by atoms with Crippen molar-refractivity contribution in [2.45, 2.75) is 49.9 Å². The van der Waals surface area contributed by atoms with Crippen LogP contribution in [-0.2, 0) is 6.18 Å². The van der Waals surface area contributed by atoms with E-state index in [0.717, 1.165) is 43.0 Å². The molecule has 0 spiro atoms. The Labute approximate surface area is 346 Å². The lowest BCUT2D eigenvalue weighted by molar-refractivity contribution is -0.137. The number of likely N-dealkylation sites (tertiary alicyclic amines) is 2. The SMILES string of the molecule is Nc1ncnc2c1n(-c1ccc(Oc3ccccc3)cc1)c(=O)n2[C@@H]1CCN(CCC2CCN(C3CN(c4ccc(-c5ccc(=O)[nH]n5)cc4C(F)(F)F)C3)CC2)CC1(F)F. The molecule has 1 atom stereocenters. The van der Waals surface area contributed by atoms with Crippen LogP contribution in [-0.4, -0.2) is 96.9 Å². The molecule has 3 aliphatic rings. The van der Waals surface area contributed by atoms with Gasteiger partial charge in [-0.3, -0.25) is 23.7 Å². The van der Waals surface area contributed by atoms with E-state index in [1.165, 1.54) is 29.1 Å². The summed E-state index contributed by atoms with van der Waals surface area (Å²) in [6.07, 6.45) is -0.901. The Bertz CT molecular complexity index is 2620. The minimum Gasteiger partial charge on any atom is -0.457 e. The van der Waals surface area contributed by atoms with Gasteiger partial charge in [-0.2, -0.15) is 18.3 Å². The van der Waals surface area contributed by atoms with Gasteiger partial charge in [-0.15, -0.1) is 0 Å². The summed E-state index contributed by atoms with van der Waals surface area (Å²) in [4.78, 5) is 39.6. The number of benzene rings is 3. The fourth-order valence-corrected chi connectivity index (χ4v) is 8.94. The highest BCUT2D eigenvalue weighted by Crippen LogP contribution is 2.42. The third-order valence-corrected chi connectivity index (χ3v) is 12.2. The average Bonchev–Trinajstić information content (AvgIpc) is 3.52. The van der Waals surface area contributed by atoms with Gasteiger partial charge in [0.1, 0.15) is 29.4 Å². The monoisotopic (exact) mass is 842 g/mol. The van der Waals surface area contributed by atoms with Crippen LogP contribution >= 0.6 is 0 Å². The van der Waals surface area contributed by atoms with E-state index in [0.29, 0.717) is 49.3 Å². The molecule has 0 radical (unpaired) electrons. The maximum Gasteiger partial charge on any atom is 0.418 e. The number of H-pyrrole nitrogens is 1. The molecule has 0 aliphatic carbocycles. The molecule has 9 rings (SSSR count). The Hall–Kier alpha value is -6.14. The van der Waals surface area contributed by atoms with Crippen molar-refractivity contribution in [2.75, 3.05) is 56.4 Å². The molecule has 318 valence electrons. The zero-order chi connectivity index (χ0) is 42.5. The van der Waals surface area contributed by atoms with Crippen molar-refractivity contribution in [3.63, 3.8) is 0 Å². The Balaban J connectivity index is 0.800. The number of ether oxygens (including phenoxy) is 1. The standard InChI is InChI=1S/C43H43F5N10O3/c44-42(45)25-54(19-17-36(42)58-40-38(39(49)50-26-51-40)57(41(58)60)29-7-9-32(10-8-29)61-31-4-2-1-3-5-31)18-14-27-15-20-55(21-16-27)30-23-56(24-30)35-12-6-28(22-33(35)43(46,47)48)34-11-13-37(59)53-52-34/h1-13,22,26-27,30,36H,14-21,23-25H2,(H,53,59)(H2,49,50,51)/t36-/m1/s1. The Morgan fingerprint density at radius 1 is 0.869 bits per heavy atom. The molecule has 13 nitrogen and oxygen atoms in total. The maximum atomic E-state index is 16.2. The van der Waals surface area contributed by atoms with Crippen LogP contribution in [0.15, 0.2) is 101 Å². The number of imidazole rings is 1. The highest BCUT2D eigenvalue weighted by Gasteiger charge is 2.48. The minimum absolute atomic E-state index is 0.00427. The second kappa shape index (κ2) is 16.0. The fourth-order valence-electron chi connectivity index (χ4n) is 8.94. The van der Waals surface area contributed by atoms with Gasteiger partial charge in [-0.1, -0.05) is 24.3 Å². The number of nitrogens with one attached hydrogen (secondary N) is 1. The van der Waals surface area contributed by atoms with E-state index in [9.17, 15) is 22.8 Å². The number of nitrogen functional groups attached to an aromatic ring is 1. The Kier molecular flexibility index (Phi) is 10.6. The number of rotatable bonds is 10. The third-order valence-electron chi connectivity index (χ3n) is 12.2. The highest BCUT2D eigenvalue weighted by atomic mass is 19.4. The average molecular weight is 843 g/mol. The van der Waals surface area contributed by atoms with E-state index < -0.39 is 41.5 Å². The lowest BCUT2D eigenvalue weighted by Crippen LogP contribution is -2.61. The number of nitrogens with two attached hydrogens (primary N) is 1. The van der Waals surface area contributed by atoms with Crippen molar-refractivity contribution < 1.29 is 26.7 Å². The van der Waals surface area contributed by atoms with Crippen molar-refractivity contribution >= 4 is 22.7 Å². The molecule has 3 fully saturated rings. The molecule has 61 heavy (non-hydrogen) atoms. The summed E-state index contributed by atoms with van der Waals surface area (Å²) in [6.45, 7) is 2.83. The molecule has 6 aromatic rings. The van der Waals surface area contributed by atoms with Gasteiger partial charge in [0.25, 0.3) is 11.5 Å². The van der Waals surface area contributed by atoms with Gasteiger partial charge in [-0.05, 0) is 106 Å². The van der Waals surface area contributed by atoms with E-state index in [1.807, 2.05) is 30.3 Å². The topological polar surface area (TPSA) is 143 Å². The van der Waals surface area contributed by atoms with Gasteiger partial charge in [-0.25, -0.2) is 28.6 Å². The van der Waals surface area contributed by atoms with Crippen LogP contribution in [0.3, 0.4) is 0 Å². The largest absolute Gasteiger partial charge is 0.457 e. The van der Waals surface area contributed by atoms with Crippen LogP contribution in [0.1, 0.15) is 37.3 Å². The predicted octanol–water partition coefficient (Wildman–Crippen LogP) is 6.60. The summed E-state index contributed by atoms with van der Waals surface area (Å²) >= 11 is 0. The molecule has 0 unspecified atom stereocenters. The van der Waals surface area contributed by atoms with Crippen LogP contribution in [0.5, 0.6) is 11.5 Å². The number of alkyl halides is 5. The molecule has 3 saturated heterocycles. The third kappa shape index (κ3) is 8.08. The Morgan fingerprint density at radius 3 is 2.30 bits per heavy atom. The molecule has 3 aromatic heterocycles. The number of anilines is 2. The maximum absolute atomic E-state index is 16.2. The number of aromatic amines is 1. The summed E-state index contributed by atoms with van der Waals surface area (Å²) in [5, 5.41) is 6.13. The highest BCUT2D eigenvalue weighted by molar-refractivity contribution is 5.84. The lowest BCUT2D eigenvalue weighted by atomic mass is 9.90. The van der Waals surface area contributed by atoms with Gasteiger partial charge < -0.3 is 15.4 Å². The first-order chi connectivity index (χ1) is 29.3. The van der Waals surface area contributed by atoms with E-state index in [4.69, 9.17) is 10.5 Å². The van der Waals surface area contributed by atoms with Crippen LogP contribution in [0, 0.1) is 5.92 Å². The molecule has 0 bridgehead atoms. The quantitative estimate of drug-likeness (QED) is 0.145. The lowest BCUT2D eigenvalue weighted by Gasteiger charge is -2.49. The second-order valence-electron chi connectivity index (χ2n) is 16.0. The van der Waals surface area contributed by atoms with Crippen LogP contribution < -0.4 is 26.6 Å². The summed E-state index contributed by atoms with van der Waals surface area (Å²) in [5.74, 6) is -1.76. The zero-order valence-corrected chi connectivity index (χ0v) is 32.9. The van der Waals surface area contributed by atoms with Gasteiger partial charge in [0.15, 0.2) is 11.5 Å². The first kappa shape index (κ1) is 40.3. The molecule has 3 aromatic carbocycles. The molecular weight excluding hydrogens is 800 g/mol. The fraction of sp³-hybridized carbons (Fsp3) is 0.372. The molecular formula is C43H43F5N10O3. The number of para-hydroxylation sites is 1. The minimum atomic E-state index is -4.58. The van der Waals surface area contributed by atoms with E-state index in [2.05, 4.69) is 25.1 Å². The van der Waals surface area contributed by atoms with Crippen molar-refractivity contribution in [3.05, 3.63) is 118 Å². The van der Waals surface area contributed by atoms with Gasteiger partial charge in [0, 0.05) is 43.0 Å². The van der Waals surface area contributed by atoms with Gasteiger partial charge in [0.05, 0.1) is 23.5 Å². The summed E-state index contributed by atoms with van der Waals surface area (Å²) in [6, 6.07) is 21.3. The van der Waals surface area contributed by atoms with Crippen molar-refractivity contribution in [2.24, 2.45) is 5.92 Å². The zero-order valence-electron chi connectivity index (χ0n) is 32.9. The summed E-state index contributed by atoms with van der Waals surface area (Å²) < 4.78 is 83.2. The number of piperidine rings is 2. The number of aromatic nitrogens is 6. The summed E-state index contributed by atoms with van der Waals surface area (Å²) in [7, 11) is 0. The Morgan fingerprint density at radius 2 is 1.61 bits per heavy atom. The number of fused-ring (bicyclic) bond motifs is 1. The first-order valence-corrected chi connectivity index (χ1v) is 20.3. The second-order valence-corrected chi connectivity index (χ2v) is 16.0. The van der Waals surface area contributed by atoms with Gasteiger partial charge in [0.2, 0.25) is 0 Å². The molecule has 3 aliphatic heterocycles. The number of hydrogen-bond acceptors (Lipinski definition) is 10. The van der Waals surface area contributed by atoms with Gasteiger partial charge >= 0.3 is 11.9 Å².